The summed E-state index contributed by atoms with van der Waals surface area (Å²) in [6.45, 7) is 3.11. The molecule has 11 heteroatoms. The Bertz CT molecular complexity index is 1040. The smallest absolute Gasteiger partial charge is 0.271 e. The van der Waals surface area contributed by atoms with Gasteiger partial charge >= 0.3 is 0 Å². The van der Waals surface area contributed by atoms with Crippen LogP contribution >= 0.6 is 0 Å². The number of nitrogens with one attached hydrogen (secondary N) is 3. The number of nitrogens with zero attached hydrogens (tertiary/aromatic N) is 7. The fraction of sp³-hybridized carbons (Fsp3) is 0.429. The van der Waals surface area contributed by atoms with Gasteiger partial charge in [0.15, 0.2) is 17.3 Å². The third kappa shape index (κ3) is 4.76. The van der Waals surface area contributed by atoms with E-state index in [-0.39, 0.29) is 5.91 Å². The molecule has 0 atom stereocenters. The summed E-state index contributed by atoms with van der Waals surface area (Å²) >= 11 is 0. The minimum absolute atomic E-state index is 0.191. The molecule has 11 nitrogen and oxygen atoms in total. The molecule has 1 saturated heterocycles. The number of piperidine rings is 1. The third-order valence-corrected chi connectivity index (χ3v) is 5.37. The lowest BCUT2D eigenvalue weighted by molar-refractivity contribution is 0.0955. The second kappa shape index (κ2) is 10.0. The zero-order valence-corrected chi connectivity index (χ0v) is 18.4. The lowest BCUT2D eigenvalue weighted by Crippen LogP contribution is -2.30. The highest BCUT2D eigenvalue weighted by atomic mass is 16.1. The van der Waals surface area contributed by atoms with E-state index in [4.69, 9.17) is 0 Å². The van der Waals surface area contributed by atoms with E-state index in [0.29, 0.717) is 36.2 Å². The van der Waals surface area contributed by atoms with Gasteiger partial charge in [-0.1, -0.05) is 0 Å². The van der Waals surface area contributed by atoms with Gasteiger partial charge in [-0.3, -0.25) is 4.79 Å². The van der Waals surface area contributed by atoms with Gasteiger partial charge in [0.2, 0.25) is 5.95 Å². The maximum Gasteiger partial charge on any atom is 0.271 e. The van der Waals surface area contributed by atoms with Gasteiger partial charge < -0.3 is 25.4 Å². The van der Waals surface area contributed by atoms with Crippen LogP contribution in [0, 0.1) is 0 Å². The van der Waals surface area contributed by atoms with Crippen LogP contribution < -0.4 is 20.9 Å². The fourth-order valence-corrected chi connectivity index (χ4v) is 3.69. The maximum atomic E-state index is 12.2. The van der Waals surface area contributed by atoms with E-state index in [1.165, 1.54) is 19.3 Å². The summed E-state index contributed by atoms with van der Waals surface area (Å²) in [6.07, 6.45) is 10.5. The van der Waals surface area contributed by atoms with Gasteiger partial charge in [0.05, 0.1) is 11.9 Å². The number of imidazole rings is 1. The molecule has 0 spiro atoms. The molecule has 3 aromatic rings. The Morgan fingerprint density at radius 2 is 1.84 bits per heavy atom. The summed E-state index contributed by atoms with van der Waals surface area (Å²) in [5, 5.41) is 8.86. The molecule has 0 bridgehead atoms. The van der Waals surface area contributed by atoms with Gasteiger partial charge in [-0.2, -0.15) is 0 Å². The topological polar surface area (TPSA) is 126 Å². The van der Waals surface area contributed by atoms with Crippen molar-refractivity contribution in [1.29, 1.82) is 0 Å². The largest absolute Gasteiger partial charge is 0.371 e. The van der Waals surface area contributed by atoms with Gasteiger partial charge in [-0.25, -0.2) is 24.9 Å². The van der Waals surface area contributed by atoms with Crippen molar-refractivity contribution in [2.45, 2.75) is 25.8 Å². The second-order valence-electron chi connectivity index (χ2n) is 7.48. The molecule has 1 amide bonds. The molecule has 3 N–H and O–H groups in total. The zero-order chi connectivity index (χ0) is 22.3. The SMILES string of the molecule is CNC(=O)c1c(NC)ncn1CCNc1ccnc(-c2cnc(N3CCCCC3)nc2)n1. The number of aromatic nitrogens is 6. The minimum Gasteiger partial charge on any atom is -0.371 e. The van der Waals surface area contributed by atoms with Crippen molar-refractivity contribution in [3.63, 3.8) is 0 Å². The molecule has 1 aliphatic rings. The van der Waals surface area contributed by atoms with Crippen molar-refractivity contribution < 1.29 is 4.79 Å². The Balaban J connectivity index is 1.40. The number of hydrogen-bond acceptors (Lipinski definition) is 9. The normalized spacial score (nSPS) is 13.6. The first kappa shape index (κ1) is 21.5. The molecule has 0 aromatic carbocycles. The van der Waals surface area contributed by atoms with Crippen molar-refractivity contribution in [2.75, 3.05) is 49.3 Å². The predicted molar refractivity (Wildman–Crippen MR) is 123 cm³/mol. The average molecular weight is 437 g/mol. The molecule has 168 valence electrons. The Morgan fingerprint density at radius 1 is 1.06 bits per heavy atom. The molecule has 0 saturated carbocycles. The van der Waals surface area contributed by atoms with Crippen molar-refractivity contribution in [2.24, 2.45) is 0 Å². The summed E-state index contributed by atoms with van der Waals surface area (Å²) in [5.41, 5.74) is 1.26. The molecule has 4 rings (SSSR count). The van der Waals surface area contributed by atoms with Crippen molar-refractivity contribution in [3.8, 4) is 11.4 Å². The van der Waals surface area contributed by atoms with Crippen molar-refractivity contribution in [3.05, 3.63) is 36.7 Å². The maximum absolute atomic E-state index is 12.2. The van der Waals surface area contributed by atoms with Crippen LogP contribution in [0.5, 0.6) is 0 Å². The molecule has 32 heavy (non-hydrogen) atoms. The summed E-state index contributed by atoms with van der Waals surface area (Å²) < 4.78 is 1.80. The van der Waals surface area contributed by atoms with Crippen LogP contribution in [0.25, 0.3) is 11.4 Å². The van der Waals surface area contributed by atoms with E-state index in [1.807, 2.05) is 0 Å². The van der Waals surface area contributed by atoms with Crippen LogP contribution in [0.1, 0.15) is 29.8 Å². The molecule has 0 aliphatic carbocycles. The van der Waals surface area contributed by atoms with Gasteiger partial charge in [-0.05, 0) is 25.3 Å². The Morgan fingerprint density at radius 3 is 2.56 bits per heavy atom. The lowest BCUT2D eigenvalue weighted by Gasteiger charge is -2.26. The van der Waals surface area contributed by atoms with Crippen LogP contribution in [0.4, 0.5) is 17.6 Å². The number of rotatable bonds is 8. The highest BCUT2D eigenvalue weighted by Gasteiger charge is 2.17. The number of amides is 1. The monoisotopic (exact) mass is 436 g/mol. The average Bonchev–Trinajstić information content (AvgIpc) is 3.27. The first-order chi connectivity index (χ1) is 15.7. The number of anilines is 3. The standard InChI is InChI=1S/C21H28N10O/c1-22-19-17(20(32)23-2)31(14-28-19)11-8-24-16-6-7-25-18(29-16)15-12-26-21(27-13-15)30-9-4-3-5-10-30/h6-7,12-14,22H,3-5,8-11H2,1-2H3,(H,23,32)(H,24,25,29). The van der Waals surface area contributed by atoms with Crippen LogP contribution in [-0.4, -0.2) is 69.1 Å². The third-order valence-electron chi connectivity index (χ3n) is 5.37. The number of hydrogen-bond donors (Lipinski definition) is 3. The van der Waals surface area contributed by atoms with E-state index in [1.54, 1.807) is 49.6 Å². The quantitative estimate of drug-likeness (QED) is 0.483. The van der Waals surface area contributed by atoms with Crippen molar-refractivity contribution >= 4 is 23.5 Å². The van der Waals surface area contributed by atoms with Crippen LogP contribution in [0.15, 0.2) is 31.0 Å². The van der Waals surface area contributed by atoms with Gasteiger partial charge in [0, 0.05) is 58.9 Å². The number of carbonyl (C=O) groups is 1. The first-order valence-electron chi connectivity index (χ1n) is 10.8. The summed E-state index contributed by atoms with van der Waals surface area (Å²) in [4.78, 5) is 36.6. The summed E-state index contributed by atoms with van der Waals surface area (Å²) in [5.74, 6) is 2.36. The predicted octanol–water partition coefficient (Wildman–Crippen LogP) is 1.63. The van der Waals surface area contributed by atoms with E-state index < -0.39 is 0 Å². The molecule has 1 fully saturated rings. The first-order valence-corrected chi connectivity index (χ1v) is 10.8. The van der Waals surface area contributed by atoms with E-state index in [0.717, 1.165) is 24.6 Å². The summed E-state index contributed by atoms with van der Waals surface area (Å²) in [7, 11) is 3.34. The van der Waals surface area contributed by atoms with Gasteiger partial charge in [0.25, 0.3) is 5.91 Å². The molecular formula is C21H28N10O. The molecule has 4 heterocycles. The summed E-state index contributed by atoms with van der Waals surface area (Å²) in [6, 6.07) is 1.80. The highest BCUT2D eigenvalue weighted by molar-refractivity contribution is 5.97. The Kier molecular flexibility index (Phi) is 6.73. The fourth-order valence-electron chi connectivity index (χ4n) is 3.69. The van der Waals surface area contributed by atoms with Gasteiger partial charge in [-0.15, -0.1) is 0 Å². The van der Waals surface area contributed by atoms with E-state index >= 15 is 0 Å². The second-order valence-corrected chi connectivity index (χ2v) is 7.48. The van der Waals surface area contributed by atoms with Crippen LogP contribution in [0.3, 0.4) is 0 Å². The van der Waals surface area contributed by atoms with E-state index in [2.05, 4.69) is 45.8 Å². The van der Waals surface area contributed by atoms with Crippen molar-refractivity contribution in [1.82, 2.24) is 34.8 Å². The highest BCUT2D eigenvalue weighted by Crippen LogP contribution is 2.19. The zero-order valence-electron chi connectivity index (χ0n) is 18.4. The molecule has 1 aliphatic heterocycles. The van der Waals surface area contributed by atoms with Crippen LogP contribution in [-0.2, 0) is 6.54 Å². The molecule has 3 aromatic heterocycles. The Labute approximate surface area is 186 Å². The van der Waals surface area contributed by atoms with Gasteiger partial charge in [0.1, 0.15) is 5.82 Å². The van der Waals surface area contributed by atoms with Crippen LogP contribution in [0.2, 0.25) is 0 Å². The lowest BCUT2D eigenvalue weighted by atomic mass is 10.1. The van der Waals surface area contributed by atoms with E-state index in [9.17, 15) is 4.79 Å². The molecular weight excluding hydrogens is 408 g/mol. The Hall–Kier alpha value is -3.76. The number of carbonyl (C=O) groups excluding carboxylic acids is 1. The molecule has 0 radical (unpaired) electrons. The minimum atomic E-state index is -0.191. The molecule has 0 unspecified atom stereocenters.